The molecule has 0 amide bonds. The van der Waals surface area contributed by atoms with Crippen LogP contribution in [-0.4, -0.2) is 34.4 Å². The van der Waals surface area contributed by atoms with Crippen molar-refractivity contribution in [3.05, 3.63) is 160 Å². The molecule has 2 unspecified atom stereocenters. The van der Waals surface area contributed by atoms with Crippen LogP contribution in [0, 0.1) is 17.5 Å². The maximum atomic E-state index is 14.3. The van der Waals surface area contributed by atoms with Gasteiger partial charge in [-0.15, -0.1) is 11.8 Å². The Balaban J connectivity index is 1.33. The molecule has 0 N–H and O–H groups in total. The zero-order valence-electron chi connectivity index (χ0n) is 23.6. The second-order valence-electron chi connectivity index (χ2n) is 10.6. The number of benzene rings is 4. The van der Waals surface area contributed by atoms with E-state index in [9.17, 15) is 13.2 Å². The number of halogens is 4. The summed E-state index contributed by atoms with van der Waals surface area (Å²) in [5.74, 6) is -2.60. The monoisotopic (exact) mass is 675 g/mol. The summed E-state index contributed by atoms with van der Waals surface area (Å²) in [6, 6.07) is 32.8. The van der Waals surface area contributed by atoms with Gasteiger partial charge in [0.1, 0.15) is 5.82 Å². The van der Waals surface area contributed by atoms with E-state index in [0.29, 0.717) is 18.6 Å². The lowest BCUT2D eigenvalue weighted by atomic mass is 9.84. The van der Waals surface area contributed by atoms with E-state index in [2.05, 4.69) is 104 Å². The highest BCUT2D eigenvalue weighted by Crippen LogP contribution is 2.52. The molecule has 4 nitrogen and oxygen atoms in total. The number of aromatic nitrogens is 2. The molecule has 0 saturated carbocycles. The van der Waals surface area contributed by atoms with Gasteiger partial charge >= 0.3 is 0 Å². The van der Waals surface area contributed by atoms with Gasteiger partial charge in [-0.25, -0.2) is 23.1 Å². The normalized spacial score (nSPS) is 16.8. The second-order valence-corrected chi connectivity index (χ2v) is 13.1. The maximum absolute atomic E-state index is 14.3. The van der Waals surface area contributed by atoms with Crippen molar-refractivity contribution in [2.24, 2.45) is 0 Å². The topological polar surface area (TPSA) is 38.2 Å². The van der Waals surface area contributed by atoms with E-state index in [-0.39, 0.29) is 30.1 Å². The molecule has 6 rings (SSSR count). The summed E-state index contributed by atoms with van der Waals surface area (Å²) in [6.45, 7) is 0.687. The molecule has 44 heavy (non-hydrogen) atoms. The number of anilines is 1. The molecule has 0 aliphatic carbocycles. The molecule has 1 fully saturated rings. The molecule has 1 saturated heterocycles. The van der Waals surface area contributed by atoms with Gasteiger partial charge in [-0.2, -0.15) is 0 Å². The van der Waals surface area contributed by atoms with Gasteiger partial charge in [-0.05, 0) is 45.1 Å². The number of hydrogen-bond donors (Lipinski definition) is 0. The van der Waals surface area contributed by atoms with Gasteiger partial charge in [0.25, 0.3) is 0 Å². The van der Waals surface area contributed by atoms with Crippen molar-refractivity contribution in [2.45, 2.75) is 29.1 Å². The van der Waals surface area contributed by atoms with Crippen LogP contribution in [0.4, 0.5) is 19.1 Å². The van der Waals surface area contributed by atoms with Crippen LogP contribution in [0.1, 0.15) is 28.7 Å². The predicted molar refractivity (Wildman–Crippen MR) is 172 cm³/mol. The molecule has 5 aromatic rings. The van der Waals surface area contributed by atoms with Crippen molar-refractivity contribution < 1.29 is 17.9 Å². The minimum absolute atomic E-state index is 0.0319. The third-order valence-corrected chi connectivity index (χ3v) is 9.93. The molecule has 2 heterocycles. The van der Waals surface area contributed by atoms with Crippen molar-refractivity contribution in [2.75, 3.05) is 18.1 Å². The minimum Gasteiger partial charge on any atom is -0.375 e. The Morgan fingerprint density at radius 3 is 1.84 bits per heavy atom. The van der Waals surface area contributed by atoms with Gasteiger partial charge in [0, 0.05) is 35.8 Å². The average molecular weight is 677 g/mol. The van der Waals surface area contributed by atoms with Crippen molar-refractivity contribution in [3.8, 4) is 0 Å². The second kappa shape index (κ2) is 13.5. The summed E-state index contributed by atoms with van der Waals surface area (Å²) in [6.07, 6.45) is 4.15. The van der Waals surface area contributed by atoms with E-state index >= 15 is 0 Å². The van der Waals surface area contributed by atoms with Crippen molar-refractivity contribution in [1.29, 1.82) is 0 Å². The highest BCUT2D eigenvalue weighted by atomic mass is 79.9. The Hall–Kier alpha value is -3.66. The summed E-state index contributed by atoms with van der Waals surface area (Å²) in [4.78, 5) is 11.3. The fourth-order valence-corrected chi connectivity index (χ4v) is 7.84. The number of rotatable bonds is 10. The third-order valence-electron chi connectivity index (χ3n) is 7.78. The first-order valence-electron chi connectivity index (χ1n) is 14.2. The number of nitrogens with zero attached hydrogens (tertiary/aromatic N) is 3. The summed E-state index contributed by atoms with van der Waals surface area (Å²) < 4.78 is 47.8. The maximum Gasteiger partial charge on any atom is 0.225 e. The molecule has 1 aliphatic rings. The predicted octanol–water partition coefficient (Wildman–Crippen LogP) is 8.55. The average Bonchev–Trinajstić information content (AvgIpc) is 3.46. The lowest BCUT2D eigenvalue weighted by Gasteiger charge is -2.37. The van der Waals surface area contributed by atoms with E-state index in [0.717, 1.165) is 17.0 Å². The smallest absolute Gasteiger partial charge is 0.225 e. The molecule has 0 spiro atoms. The van der Waals surface area contributed by atoms with Crippen LogP contribution in [0.25, 0.3) is 0 Å². The molecule has 4 aromatic carbocycles. The first kappa shape index (κ1) is 30.4. The summed E-state index contributed by atoms with van der Waals surface area (Å²) in [5.41, 5.74) is 3.47. The number of thioether (sulfide) groups is 1. The van der Waals surface area contributed by atoms with Gasteiger partial charge in [-0.3, -0.25) is 0 Å². The Labute approximate surface area is 267 Å². The quantitative estimate of drug-likeness (QED) is 0.110. The van der Waals surface area contributed by atoms with Crippen LogP contribution in [0.5, 0.6) is 0 Å². The molecule has 1 aliphatic heterocycles. The molecular formula is C35H29BrF3N3OS. The molecule has 224 valence electrons. The van der Waals surface area contributed by atoms with E-state index in [4.69, 9.17) is 4.74 Å². The summed E-state index contributed by atoms with van der Waals surface area (Å²) >= 11 is 5.31. The van der Waals surface area contributed by atoms with Crippen LogP contribution in [0.3, 0.4) is 0 Å². The van der Waals surface area contributed by atoms with Crippen LogP contribution in [0.15, 0.2) is 120 Å². The van der Waals surface area contributed by atoms with Gasteiger partial charge in [0.15, 0.2) is 11.6 Å². The fraction of sp³-hybridized carbons (Fsp3) is 0.200. The minimum atomic E-state index is -1.22. The van der Waals surface area contributed by atoms with Gasteiger partial charge < -0.3 is 9.64 Å². The highest BCUT2D eigenvalue weighted by Gasteiger charge is 2.43. The van der Waals surface area contributed by atoms with Gasteiger partial charge in [-0.1, -0.05) is 91.0 Å². The van der Waals surface area contributed by atoms with E-state index in [1.165, 1.54) is 16.7 Å². The summed E-state index contributed by atoms with van der Waals surface area (Å²) in [7, 11) is 0. The molecular weight excluding hydrogens is 647 g/mol. The van der Waals surface area contributed by atoms with E-state index in [1.54, 1.807) is 12.4 Å². The Kier molecular flexibility index (Phi) is 9.35. The van der Waals surface area contributed by atoms with Crippen LogP contribution < -0.4 is 4.90 Å². The Morgan fingerprint density at radius 2 is 1.30 bits per heavy atom. The lowest BCUT2D eigenvalue weighted by molar-refractivity contribution is 0.106. The van der Waals surface area contributed by atoms with Crippen molar-refractivity contribution in [3.63, 3.8) is 0 Å². The van der Waals surface area contributed by atoms with E-state index in [1.807, 2.05) is 30.0 Å². The lowest BCUT2D eigenvalue weighted by Crippen LogP contribution is -2.34. The zero-order valence-corrected chi connectivity index (χ0v) is 26.0. The number of hydrogen-bond acceptors (Lipinski definition) is 5. The Bertz CT molecular complexity index is 1580. The van der Waals surface area contributed by atoms with E-state index < -0.39 is 22.2 Å². The molecule has 0 radical (unpaired) electrons. The van der Waals surface area contributed by atoms with Crippen LogP contribution in [-0.2, 0) is 16.1 Å². The molecule has 9 heteroatoms. The summed E-state index contributed by atoms with van der Waals surface area (Å²) in [5, 5.41) is 0.122. The Morgan fingerprint density at radius 1 is 0.773 bits per heavy atom. The standard InChI is InChI=1S/C35H29BrF3N3OS/c36-28-19-40-34(41-20-28)42-21-30(17-29(42)23-43-22-24-16-32(38)33(39)18-31(24)37)44-35(25-10-4-1-5-11-25,26-12-6-2-7-13-26)27-14-8-3-9-15-27/h1-16,18-20,29-30H,17,21-23H2. The first-order valence-corrected chi connectivity index (χ1v) is 15.9. The van der Waals surface area contributed by atoms with Crippen molar-refractivity contribution in [1.82, 2.24) is 9.97 Å². The largest absolute Gasteiger partial charge is 0.375 e. The highest BCUT2D eigenvalue weighted by molar-refractivity contribution is 9.10. The van der Waals surface area contributed by atoms with Gasteiger partial charge in [0.2, 0.25) is 5.95 Å². The van der Waals surface area contributed by atoms with Crippen LogP contribution in [0.2, 0.25) is 0 Å². The third kappa shape index (κ3) is 6.41. The zero-order chi connectivity index (χ0) is 30.5. The number of ether oxygens (including phenoxy) is 1. The SMILES string of the molecule is Fc1cc(F)c(COCC2CC(SC(c3ccccc3)(c3ccccc3)c3ccccc3)CN2c2ncc(Br)cn2)cc1F. The first-order chi connectivity index (χ1) is 21.4. The van der Waals surface area contributed by atoms with Crippen molar-refractivity contribution >= 4 is 33.6 Å². The fourth-order valence-electron chi connectivity index (χ4n) is 5.77. The molecule has 2 atom stereocenters. The van der Waals surface area contributed by atoms with Gasteiger partial charge in [0.05, 0.1) is 28.5 Å². The van der Waals surface area contributed by atoms with Crippen LogP contribution >= 0.6 is 27.7 Å². The molecule has 1 aromatic heterocycles. The molecule has 0 bridgehead atoms.